The Kier molecular flexibility index (Phi) is 5.27. The van der Waals surface area contributed by atoms with Crippen LogP contribution in [0.15, 0.2) is 24.3 Å². The van der Waals surface area contributed by atoms with Crippen molar-refractivity contribution in [3.05, 3.63) is 29.8 Å². The minimum absolute atomic E-state index is 0.0466. The Morgan fingerprint density at radius 2 is 1.95 bits per heavy atom. The quantitative estimate of drug-likeness (QED) is 0.907. The molecule has 1 saturated heterocycles. The fourth-order valence-electron chi connectivity index (χ4n) is 3.02. The summed E-state index contributed by atoms with van der Waals surface area (Å²) in [6.45, 7) is 7.83. The smallest absolute Gasteiger partial charge is 0.154 e. The van der Waals surface area contributed by atoms with E-state index in [2.05, 4.69) is 48.3 Å². The summed E-state index contributed by atoms with van der Waals surface area (Å²) in [5.41, 5.74) is 2.41. The Labute approximate surface area is 128 Å². The van der Waals surface area contributed by atoms with Crippen molar-refractivity contribution in [2.75, 3.05) is 29.5 Å². The molecule has 5 heteroatoms. The highest BCUT2D eigenvalue weighted by molar-refractivity contribution is 7.91. The molecule has 4 nitrogen and oxygen atoms in total. The van der Waals surface area contributed by atoms with Crippen molar-refractivity contribution in [1.82, 2.24) is 5.32 Å². The zero-order valence-electron chi connectivity index (χ0n) is 13.2. The fourth-order valence-corrected chi connectivity index (χ4v) is 4.58. The lowest BCUT2D eigenvalue weighted by Crippen LogP contribution is -2.47. The van der Waals surface area contributed by atoms with Gasteiger partial charge in [0.05, 0.1) is 11.5 Å². The normalized spacial score (nSPS) is 23.0. The molecule has 118 valence electrons. The van der Waals surface area contributed by atoms with Crippen LogP contribution in [0.1, 0.15) is 38.8 Å². The summed E-state index contributed by atoms with van der Waals surface area (Å²) in [6.07, 6.45) is 1.06. The van der Waals surface area contributed by atoms with Crippen LogP contribution in [-0.4, -0.2) is 39.1 Å². The van der Waals surface area contributed by atoms with Crippen molar-refractivity contribution >= 4 is 15.5 Å². The lowest BCUT2D eigenvalue weighted by atomic mass is 10.0. The van der Waals surface area contributed by atoms with E-state index in [1.165, 1.54) is 5.56 Å². The number of rotatable bonds is 5. The topological polar surface area (TPSA) is 49.4 Å². The molecular formula is C16H26N2O2S. The van der Waals surface area contributed by atoms with Crippen LogP contribution in [0.25, 0.3) is 0 Å². The van der Waals surface area contributed by atoms with Crippen LogP contribution in [0.5, 0.6) is 0 Å². The van der Waals surface area contributed by atoms with Crippen molar-refractivity contribution in [1.29, 1.82) is 0 Å². The van der Waals surface area contributed by atoms with Crippen molar-refractivity contribution in [2.45, 2.75) is 39.3 Å². The second-order valence-corrected chi connectivity index (χ2v) is 8.00. The van der Waals surface area contributed by atoms with Gasteiger partial charge in [0.2, 0.25) is 0 Å². The van der Waals surface area contributed by atoms with Gasteiger partial charge in [-0.2, -0.15) is 0 Å². The number of hydrogen-bond donors (Lipinski definition) is 1. The molecule has 0 aromatic heterocycles. The van der Waals surface area contributed by atoms with E-state index in [-0.39, 0.29) is 17.5 Å². The van der Waals surface area contributed by atoms with Crippen LogP contribution in [0.3, 0.4) is 0 Å². The average molecular weight is 310 g/mol. The highest BCUT2D eigenvalue weighted by Crippen LogP contribution is 2.24. The SMILES string of the molecule is CCNC(CC)c1ccc(N2CCS(=O)(=O)CC2C)cc1. The number of anilines is 1. The predicted octanol–water partition coefficient (Wildman–Crippen LogP) is 2.37. The van der Waals surface area contributed by atoms with E-state index in [4.69, 9.17) is 0 Å². The third-order valence-electron chi connectivity index (χ3n) is 4.16. The number of nitrogens with one attached hydrogen (secondary N) is 1. The van der Waals surface area contributed by atoms with Crippen LogP contribution in [0.4, 0.5) is 5.69 Å². The predicted molar refractivity (Wildman–Crippen MR) is 88.6 cm³/mol. The Bertz CT molecular complexity index is 554. The number of benzene rings is 1. The molecule has 0 bridgehead atoms. The molecule has 0 amide bonds. The molecule has 0 radical (unpaired) electrons. The monoisotopic (exact) mass is 310 g/mol. The lowest BCUT2D eigenvalue weighted by Gasteiger charge is -2.35. The molecule has 2 rings (SSSR count). The summed E-state index contributed by atoms with van der Waals surface area (Å²) < 4.78 is 23.3. The van der Waals surface area contributed by atoms with Gasteiger partial charge in [-0.1, -0.05) is 26.0 Å². The van der Waals surface area contributed by atoms with Gasteiger partial charge in [0.15, 0.2) is 9.84 Å². The van der Waals surface area contributed by atoms with Crippen molar-refractivity contribution in [2.24, 2.45) is 0 Å². The molecule has 1 aromatic rings. The van der Waals surface area contributed by atoms with Gasteiger partial charge in [-0.3, -0.25) is 0 Å². The van der Waals surface area contributed by atoms with E-state index in [1.807, 2.05) is 6.92 Å². The maximum absolute atomic E-state index is 11.7. The highest BCUT2D eigenvalue weighted by atomic mass is 32.2. The highest BCUT2D eigenvalue weighted by Gasteiger charge is 2.28. The number of nitrogens with zero attached hydrogens (tertiary/aromatic N) is 1. The van der Waals surface area contributed by atoms with Crippen LogP contribution >= 0.6 is 0 Å². The lowest BCUT2D eigenvalue weighted by molar-refractivity contribution is 0.537. The van der Waals surface area contributed by atoms with Gasteiger partial charge in [0, 0.05) is 24.3 Å². The summed E-state index contributed by atoms with van der Waals surface area (Å²) in [5.74, 6) is 0.512. The molecule has 1 N–H and O–H groups in total. The molecule has 0 aliphatic carbocycles. The Hall–Kier alpha value is -1.07. The first-order valence-electron chi connectivity index (χ1n) is 7.77. The van der Waals surface area contributed by atoms with Gasteiger partial charge in [0.1, 0.15) is 0 Å². The maximum atomic E-state index is 11.7. The molecule has 1 aliphatic rings. The third-order valence-corrected chi connectivity index (χ3v) is 5.95. The summed E-state index contributed by atoms with van der Waals surface area (Å²) >= 11 is 0. The van der Waals surface area contributed by atoms with Gasteiger partial charge >= 0.3 is 0 Å². The van der Waals surface area contributed by atoms with Gasteiger partial charge in [-0.05, 0) is 37.6 Å². The minimum Gasteiger partial charge on any atom is -0.367 e. The average Bonchev–Trinajstić information content (AvgIpc) is 2.44. The molecule has 1 heterocycles. The zero-order chi connectivity index (χ0) is 15.5. The van der Waals surface area contributed by atoms with Gasteiger partial charge in [-0.25, -0.2) is 8.42 Å². The molecule has 1 aromatic carbocycles. The van der Waals surface area contributed by atoms with Crippen molar-refractivity contribution < 1.29 is 8.42 Å². The summed E-state index contributed by atoms with van der Waals surface area (Å²) in [6, 6.07) is 8.98. The van der Waals surface area contributed by atoms with E-state index in [1.54, 1.807) is 0 Å². The van der Waals surface area contributed by atoms with E-state index >= 15 is 0 Å². The first-order valence-corrected chi connectivity index (χ1v) is 9.59. The standard InChI is InChI=1S/C16H26N2O2S/c1-4-16(17-5-2)14-6-8-15(9-7-14)18-10-11-21(19,20)12-13(18)3/h6-9,13,16-17H,4-5,10-12H2,1-3H3. The van der Waals surface area contributed by atoms with Crippen LogP contribution in [-0.2, 0) is 9.84 Å². The Balaban J connectivity index is 2.12. The summed E-state index contributed by atoms with van der Waals surface area (Å²) in [7, 11) is -2.86. The summed E-state index contributed by atoms with van der Waals surface area (Å²) in [4.78, 5) is 2.19. The van der Waals surface area contributed by atoms with E-state index < -0.39 is 9.84 Å². The maximum Gasteiger partial charge on any atom is 0.154 e. The molecule has 2 atom stereocenters. The first-order chi connectivity index (χ1) is 9.96. The Morgan fingerprint density at radius 3 is 2.48 bits per heavy atom. The molecule has 2 unspecified atom stereocenters. The fraction of sp³-hybridized carbons (Fsp3) is 0.625. The molecule has 1 fully saturated rings. The molecule has 1 aliphatic heterocycles. The van der Waals surface area contributed by atoms with Gasteiger partial charge < -0.3 is 10.2 Å². The zero-order valence-corrected chi connectivity index (χ0v) is 14.0. The van der Waals surface area contributed by atoms with Crippen LogP contribution < -0.4 is 10.2 Å². The van der Waals surface area contributed by atoms with Gasteiger partial charge in [0.25, 0.3) is 0 Å². The molecule has 0 saturated carbocycles. The molecule has 0 spiro atoms. The van der Waals surface area contributed by atoms with Crippen molar-refractivity contribution in [3.8, 4) is 0 Å². The van der Waals surface area contributed by atoms with Crippen LogP contribution in [0, 0.1) is 0 Å². The second-order valence-electron chi connectivity index (χ2n) is 5.77. The van der Waals surface area contributed by atoms with Gasteiger partial charge in [-0.15, -0.1) is 0 Å². The molecule has 21 heavy (non-hydrogen) atoms. The first kappa shape index (κ1) is 16.3. The second kappa shape index (κ2) is 6.79. The largest absolute Gasteiger partial charge is 0.367 e. The number of hydrogen-bond acceptors (Lipinski definition) is 4. The van der Waals surface area contributed by atoms with E-state index in [0.29, 0.717) is 12.6 Å². The summed E-state index contributed by atoms with van der Waals surface area (Å²) in [5, 5.41) is 3.47. The third kappa shape index (κ3) is 3.98. The molecular weight excluding hydrogens is 284 g/mol. The Morgan fingerprint density at radius 1 is 1.29 bits per heavy atom. The van der Waals surface area contributed by atoms with E-state index in [9.17, 15) is 8.42 Å². The van der Waals surface area contributed by atoms with Crippen molar-refractivity contribution in [3.63, 3.8) is 0 Å². The number of sulfone groups is 1. The van der Waals surface area contributed by atoms with Crippen LogP contribution in [0.2, 0.25) is 0 Å². The van der Waals surface area contributed by atoms with E-state index in [0.717, 1.165) is 18.7 Å². The minimum atomic E-state index is -2.86.